The number of hydrogen-bond donors (Lipinski definition) is 1. The molecule has 8 heteroatoms. The van der Waals surface area contributed by atoms with Crippen molar-refractivity contribution < 1.29 is 27.8 Å². The number of halogens is 2. The lowest BCUT2D eigenvalue weighted by Gasteiger charge is -2.14. The number of ether oxygens (including phenoxy) is 2. The van der Waals surface area contributed by atoms with E-state index in [1.165, 1.54) is 13.2 Å². The van der Waals surface area contributed by atoms with Crippen molar-refractivity contribution in [3.05, 3.63) is 65.4 Å². The standard InChI is InChI=1S/C22H22F2N2O4/c1-13(2)30-16-7-4-14(5-8-16)19-20(22(28)26(21(19)27)10-11-29-3)25-15-6-9-17(23)18(24)12-15/h4-9,12-13,25H,10-11H2,1-3H3. The van der Waals surface area contributed by atoms with Gasteiger partial charge in [0, 0.05) is 18.9 Å². The third-order valence-electron chi connectivity index (χ3n) is 4.39. The van der Waals surface area contributed by atoms with Crippen LogP contribution in [0, 0.1) is 11.6 Å². The Labute approximate surface area is 173 Å². The Hall–Kier alpha value is -3.26. The van der Waals surface area contributed by atoms with Crippen LogP contribution >= 0.6 is 0 Å². The van der Waals surface area contributed by atoms with Gasteiger partial charge in [0.15, 0.2) is 11.6 Å². The first-order valence-electron chi connectivity index (χ1n) is 9.40. The smallest absolute Gasteiger partial charge is 0.278 e. The van der Waals surface area contributed by atoms with Gasteiger partial charge in [-0.3, -0.25) is 14.5 Å². The maximum Gasteiger partial charge on any atom is 0.278 e. The molecule has 0 spiro atoms. The van der Waals surface area contributed by atoms with Crippen LogP contribution in [0.15, 0.2) is 48.2 Å². The minimum atomic E-state index is -1.06. The Bertz CT molecular complexity index is 987. The van der Waals surface area contributed by atoms with Crippen LogP contribution in [0.3, 0.4) is 0 Å². The molecule has 0 radical (unpaired) electrons. The SMILES string of the molecule is COCCN1C(=O)C(Nc2ccc(F)c(F)c2)=C(c2ccc(OC(C)C)cc2)C1=O. The molecule has 1 aliphatic heterocycles. The maximum absolute atomic E-state index is 13.6. The number of nitrogens with zero attached hydrogens (tertiary/aromatic N) is 1. The minimum Gasteiger partial charge on any atom is -0.491 e. The summed E-state index contributed by atoms with van der Waals surface area (Å²) in [5.74, 6) is -2.52. The number of anilines is 1. The van der Waals surface area contributed by atoms with Crippen LogP contribution in [0.2, 0.25) is 0 Å². The monoisotopic (exact) mass is 416 g/mol. The summed E-state index contributed by atoms with van der Waals surface area (Å²) in [7, 11) is 1.47. The summed E-state index contributed by atoms with van der Waals surface area (Å²) in [6, 6.07) is 9.91. The predicted octanol–water partition coefficient (Wildman–Crippen LogP) is 3.59. The maximum atomic E-state index is 13.6. The lowest BCUT2D eigenvalue weighted by Crippen LogP contribution is -2.35. The average molecular weight is 416 g/mol. The molecular formula is C22H22F2N2O4. The number of benzene rings is 2. The van der Waals surface area contributed by atoms with Gasteiger partial charge in [0.2, 0.25) is 0 Å². The molecule has 6 nitrogen and oxygen atoms in total. The summed E-state index contributed by atoms with van der Waals surface area (Å²) in [5, 5.41) is 2.78. The molecule has 0 atom stereocenters. The molecule has 2 amide bonds. The van der Waals surface area contributed by atoms with Gasteiger partial charge < -0.3 is 14.8 Å². The highest BCUT2D eigenvalue weighted by Gasteiger charge is 2.39. The van der Waals surface area contributed by atoms with E-state index in [-0.39, 0.29) is 36.2 Å². The van der Waals surface area contributed by atoms with E-state index >= 15 is 0 Å². The third kappa shape index (κ3) is 4.49. The van der Waals surface area contributed by atoms with Crippen LogP contribution in [-0.4, -0.2) is 43.1 Å². The molecule has 2 aromatic carbocycles. The van der Waals surface area contributed by atoms with E-state index in [0.29, 0.717) is 11.3 Å². The van der Waals surface area contributed by atoms with Gasteiger partial charge in [-0.2, -0.15) is 0 Å². The van der Waals surface area contributed by atoms with E-state index < -0.39 is 23.4 Å². The molecule has 158 valence electrons. The number of carbonyl (C=O) groups is 2. The van der Waals surface area contributed by atoms with Crippen LogP contribution in [-0.2, 0) is 14.3 Å². The van der Waals surface area contributed by atoms with Gasteiger partial charge in [-0.1, -0.05) is 12.1 Å². The van der Waals surface area contributed by atoms with Gasteiger partial charge in [-0.05, 0) is 43.7 Å². The fourth-order valence-corrected chi connectivity index (χ4v) is 3.04. The summed E-state index contributed by atoms with van der Waals surface area (Å²) >= 11 is 0. The summed E-state index contributed by atoms with van der Waals surface area (Å²) < 4.78 is 37.5. The largest absolute Gasteiger partial charge is 0.491 e. The second-order valence-corrected chi connectivity index (χ2v) is 6.95. The Morgan fingerprint density at radius 3 is 2.30 bits per heavy atom. The van der Waals surface area contributed by atoms with Crippen LogP contribution in [0.5, 0.6) is 5.75 Å². The molecule has 1 aliphatic rings. The van der Waals surface area contributed by atoms with Crippen LogP contribution < -0.4 is 10.1 Å². The number of amides is 2. The van der Waals surface area contributed by atoms with Crippen molar-refractivity contribution in [2.45, 2.75) is 20.0 Å². The van der Waals surface area contributed by atoms with E-state index in [4.69, 9.17) is 9.47 Å². The number of imide groups is 1. The summed E-state index contributed by atoms with van der Waals surface area (Å²) in [4.78, 5) is 27.0. The summed E-state index contributed by atoms with van der Waals surface area (Å²) in [6.45, 7) is 4.03. The van der Waals surface area contributed by atoms with Crippen molar-refractivity contribution in [2.75, 3.05) is 25.6 Å². The number of nitrogens with one attached hydrogen (secondary N) is 1. The van der Waals surface area contributed by atoms with Gasteiger partial charge in [0.25, 0.3) is 11.8 Å². The lowest BCUT2D eigenvalue weighted by atomic mass is 10.0. The molecule has 0 unspecified atom stereocenters. The van der Waals surface area contributed by atoms with Crippen LogP contribution in [0.25, 0.3) is 5.57 Å². The Morgan fingerprint density at radius 2 is 1.70 bits per heavy atom. The first kappa shape index (κ1) is 21.4. The molecule has 30 heavy (non-hydrogen) atoms. The quantitative estimate of drug-likeness (QED) is 0.666. The van der Waals surface area contributed by atoms with Gasteiger partial charge in [0.1, 0.15) is 11.4 Å². The molecule has 0 aromatic heterocycles. The zero-order valence-electron chi connectivity index (χ0n) is 16.9. The molecular weight excluding hydrogens is 394 g/mol. The normalized spacial score (nSPS) is 14.1. The molecule has 2 aromatic rings. The highest BCUT2D eigenvalue weighted by atomic mass is 19.2. The molecule has 0 aliphatic carbocycles. The van der Waals surface area contributed by atoms with Crippen molar-refractivity contribution in [1.82, 2.24) is 4.90 Å². The molecule has 1 N–H and O–H groups in total. The van der Waals surface area contributed by atoms with Crippen molar-refractivity contribution in [2.24, 2.45) is 0 Å². The van der Waals surface area contributed by atoms with E-state index in [9.17, 15) is 18.4 Å². The van der Waals surface area contributed by atoms with Crippen LogP contribution in [0.1, 0.15) is 19.4 Å². The van der Waals surface area contributed by atoms with Crippen LogP contribution in [0.4, 0.5) is 14.5 Å². The Morgan fingerprint density at radius 1 is 1.00 bits per heavy atom. The van der Waals surface area contributed by atoms with Crippen molar-refractivity contribution in [1.29, 1.82) is 0 Å². The average Bonchev–Trinajstić information content (AvgIpc) is 2.93. The van der Waals surface area contributed by atoms with Crippen molar-refractivity contribution in [3.63, 3.8) is 0 Å². The molecule has 0 saturated heterocycles. The van der Waals surface area contributed by atoms with Gasteiger partial charge in [-0.15, -0.1) is 0 Å². The van der Waals surface area contributed by atoms with Crippen molar-refractivity contribution >= 4 is 23.1 Å². The first-order chi connectivity index (χ1) is 14.3. The summed E-state index contributed by atoms with van der Waals surface area (Å²) in [5.41, 5.74) is 0.766. The van der Waals surface area contributed by atoms with E-state index in [2.05, 4.69) is 5.32 Å². The zero-order chi connectivity index (χ0) is 21.8. The Balaban J connectivity index is 2.00. The highest BCUT2D eigenvalue weighted by molar-refractivity contribution is 6.36. The van der Waals surface area contributed by atoms with E-state index in [1.807, 2.05) is 13.8 Å². The lowest BCUT2D eigenvalue weighted by molar-refractivity contribution is -0.137. The second-order valence-electron chi connectivity index (χ2n) is 6.95. The van der Waals surface area contributed by atoms with E-state index in [0.717, 1.165) is 17.0 Å². The number of carbonyl (C=O) groups excluding carboxylic acids is 2. The zero-order valence-corrected chi connectivity index (χ0v) is 16.9. The highest BCUT2D eigenvalue weighted by Crippen LogP contribution is 2.31. The predicted molar refractivity (Wildman–Crippen MR) is 108 cm³/mol. The van der Waals surface area contributed by atoms with Gasteiger partial charge in [-0.25, -0.2) is 8.78 Å². The molecule has 1 heterocycles. The second kappa shape index (κ2) is 9.04. The van der Waals surface area contributed by atoms with E-state index in [1.54, 1.807) is 24.3 Å². The number of methoxy groups -OCH3 is 1. The molecule has 3 rings (SSSR count). The minimum absolute atomic E-state index is 0.0140. The fourth-order valence-electron chi connectivity index (χ4n) is 3.04. The topological polar surface area (TPSA) is 67.9 Å². The third-order valence-corrected chi connectivity index (χ3v) is 4.39. The fraction of sp³-hybridized carbons (Fsp3) is 0.273. The van der Waals surface area contributed by atoms with Gasteiger partial charge >= 0.3 is 0 Å². The number of rotatable bonds is 8. The van der Waals surface area contributed by atoms with Crippen molar-refractivity contribution in [3.8, 4) is 5.75 Å². The summed E-state index contributed by atoms with van der Waals surface area (Å²) in [6.07, 6.45) is -0.0140. The first-order valence-corrected chi connectivity index (χ1v) is 9.40. The van der Waals surface area contributed by atoms with Gasteiger partial charge in [0.05, 0.1) is 24.8 Å². The molecule has 0 fully saturated rings. The molecule has 0 saturated carbocycles. The molecule has 0 bridgehead atoms. The Kier molecular flexibility index (Phi) is 6.47. The number of hydrogen-bond acceptors (Lipinski definition) is 5.